The van der Waals surface area contributed by atoms with Gasteiger partial charge in [-0.3, -0.25) is 0 Å². The Kier molecular flexibility index (Phi) is 5.81. The van der Waals surface area contributed by atoms with Crippen LogP contribution >= 0.6 is 0 Å². The van der Waals surface area contributed by atoms with Crippen LogP contribution in [0.25, 0.3) is 0 Å². The molecule has 0 spiro atoms. The molecule has 3 rings (SSSR count). The van der Waals surface area contributed by atoms with Gasteiger partial charge in [-0.25, -0.2) is 4.98 Å². The predicted octanol–water partition coefficient (Wildman–Crippen LogP) is 3.19. The number of rotatable bonds is 6. The van der Waals surface area contributed by atoms with Gasteiger partial charge in [-0.1, -0.05) is 26.0 Å². The van der Waals surface area contributed by atoms with Gasteiger partial charge in [-0.05, 0) is 25.0 Å². The lowest BCUT2D eigenvalue weighted by Crippen LogP contribution is -2.47. The Bertz CT molecular complexity index is 726. The number of nitrogens with zero attached hydrogens (tertiary/aromatic N) is 4. The van der Waals surface area contributed by atoms with Gasteiger partial charge in [-0.15, -0.1) is 0 Å². The standard InChI is InChI=1S/C20H29N5O/c1-15(2)14-21-19-13-16(3)22-20(23-19)25-11-9-24(10-12-25)17-7-5-6-8-18(17)26-4/h5-8,13,15H,9-12,14H2,1-4H3,(H,21,22,23). The van der Waals surface area contributed by atoms with E-state index in [1.54, 1.807) is 7.11 Å². The van der Waals surface area contributed by atoms with E-state index in [4.69, 9.17) is 9.72 Å². The number of hydrogen-bond acceptors (Lipinski definition) is 6. The zero-order chi connectivity index (χ0) is 18.5. The summed E-state index contributed by atoms with van der Waals surface area (Å²) >= 11 is 0. The maximum absolute atomic E-state index is 5.50. The molecule has 0 unspecified atom stereocenters. The molecule has 0 amide bonds. The van der Waals surface area contributed by atoms with Gasteiger partial charge >= 0.3 is 0 Å². The van der Waals surface area contributed by atoms with Gasteiger partial charge in [0.25, 0.3) is 0 Å². The highest BCUT2D eigenvalue weighted by molar-refractivity contribution is 5.59. The molecule has 1 saturated heterocycles. The zero-order valence-corrected chi connectivity index (χ0v) is 16.2. The molecule has 1 aliphatic rings. The number of aromatic nitrogens is 2. The van der Waals surface area contributed by atoms with Crippen molar-refractivity contribution >= 4 is 17.5 Å². The lowest BCUT2D eigenvalue weighted by molar-refractivity contribution is 0.413. The van der Waals surface area contributed by atoms with Crippen molar-refractivity contribution in [2.45, 2.75) is 20.8 Å². The summed E-state index contributed by atoms with van der Waals surface area (Å²) in [5.41, 5.74) is 2.15. The van der Waals surface area contributed by atoms with Crippen LogP contribution in [0.1, 0.15) is 19.5 Å². The third-order valence-electron chi connectivity index (χ3n) is 4.52. The van der Waals surface area contributed by atoms with Gasteiger partial charge in [0.05, 0.1) is 12.8 Å². The van der Waals surface area contributed by atoms with Crippen LogP contribution in [-0.2, 0) is 0 Å². The van der Waals surface area contributed by atoms with E-state index in [1.807, 2.05) is 25.1 Å². The summed E-state index contributed by atoms with van der Waals surface area (Å²) in [6.07, 6.45) is 0. The van der Waals surface area contributed by atoms with E-state index in [0.717, 1.165) is 61.6 Å². The number of aryl methyl sites for hydroxylation is 1. The van der Waals surface area contributed by atoms with E-state index in [9.17, 15) is 0 Å². The molecule has 0 saturated carbocycles. The summed E-state index contributed by atoms with van der Waals surface area (Å²) < 4.78 is 5.50. The number of piperazine rings is 1. The number of para-hydroxylation sites is 2. The number of methoxy groups -OCH3 is 1. The van der Waals surface area contributed by atoms with Gasteiger partial charge in [0, 0.05) is 44.5 Å². The van der Waals surface area contributed by atoms with Crippen molar-refractivity contribution in [3.63, 3.8) is 0 Å². The minimum absolute atomic E-state index is 0.582. The van der Waals surface area contributed by atoms with Crippen molar-refractivity contribution in [2.24, 2.45) is 5.92 Å². The third-order valence-corrected chi connectivity index (χ3v) is 4.52. The topological polar surface area (TPSA) is 53.5 Å². The van der Waals surface area contributed by atoms with Crippen molar-refractivity contribution in [1.29, 1.82) is 0 Å². The summed E-state index contributed by atoms with van der Waals surface area (Å²) in [6.45, 7) is 11.0. The number of hydrogen-bond donors (Lipinski definition) is 1. The first kappa shape index (κ1) is 18.3. The van der Waals surface area contributed by atoms with E-state index >= 15 is 0 Å². The second-order valence-electron chi connectivity index (χ2n) is 7.12. The molecule has 2 aromatic rings. The minimum Gasteiger partial charge on any atom is -0.495 e. The molecule has 0 bridgehead atoms. The molecule has 2 heterocycles. The smallest absolute Gasteiger partial charge is 0.227 e. The van der Waals surface area contributed by atoms with Crippen LogP contribution in [0.2, 0.25) is 0 Å². The molecule has 26 heavy (non-hydrogen) atoms. The summed E-state index contributed by atoms with van der Waals surface area (Å²) in [5.74, 6) is 3.23. The Morgan fingerprint density at radius 2 is 1.77 bits per heavy atom. The highest BCUT2D eigenvalue weighted by Crippen LogP contribution is 2.29. The molecule has 0 atom stereocenters. The number of nitrogens with one attached hydrogen (secondary N) is 1. The lowest BCUT2D eigenvalue weighted by Gasteiger charge is -2.36. The number of anilines is 3. The molecular formula is C20H29N5O. The molecule has 1 N–H and O–H groups in total. The molecule has 1 aliphatic heterocycles. The average Bonchev–Trinajstić information content (AvgIpc) is 2.66. The molecule has 0 aliphatic carbocycles. The van der Waals surface area contributed by atoms with Crippen LogP contribution in [0, 0.1) is 12.8 Å². The van der Waals surface area contributed by atoms with Crippen molar-refractivity contribution in [3.8, 4) is 5.75 Å². The van der Waals surface area contributed by atoms with Gasteiger partial charge in [0.2, 0.25) is 5.95 Å². The average molecular weight is 355 g/mol. The van der Waals surface area contributed by atoms with E-state index in [0.29, 0.717) is 5.92 Å². The van der Waals surface area contributed by atoms with E-state index in [2.05, 4.69) is 46.1 Å². The first-order chi connectivity index (χ1) is 12.6. The summed E-state index contributed by atoms with van der Waals surface area (Å²) in [6, 6.07) is 10.2. The van der Waals surface area contributed by atoms with Crippen molar-refractivity contribution in [3.05, 3.63) is 36.0 Å². The molecule has 140 valence electrons. The maximum atomic E-state index is 5.50. The summed E-state index contributed by atoms with van der Waals surface area (Å²) in [7, 11) is 1.72. The molecule has 1 aromatic carbocycles. The molecule has 6 nitrogen and oxygen atoms in total. The van der Waals surface area contributed by atoms with Crippen LogP contribution in [0.5, 0.6) is 5.75 Å². The third kappa shape index (κ3) is 4.36. The van der Waals surface area contributed by atoms with Crippen molar-refractivity contribution in [2.75, 3.05) is 55.0 Å². The lowest BCUT2D eigenvalue weighted by atomic mass is 10.2. The van der Waals surface area contributed by atoms with Gasteiger partial charge < -0.3 is 19.9 Å². The van der Waals surface area contributed by atoms with Crippen LogP contribution in [0.15, 0.2) is 30.3 Å². The van der Waals surface area contributed by atoms with E-state index in [-0.39, 0.29) is 0 Å². The highest BCUT2D eigenvalue weighted by atomic mass is 16.5. The SMILES string of the molecule is COc1ccccc1N1CCN(c2nc(C)cc(NCC(C)C)n2)CC1. The normalized spacial score (nSPS) is 14.7. The fourth-order valence-corrected chi connectivity index (χ4v) is 3.13. The first-order valence-corrected chi connectivity index (χ1v) is 9.29. The molecule has 0 radical (unpaired) electrons. The Hall–Kier alpha value is -2.50. The quantitative estimate of drug-likeness (QED) is 0.859. The van der Waals surface area contributed by atoms with Crippen molar-refractivity contribution in [1.82, 2.24) is 9.97 Å². The van der Waals surface area contributed by atoms with Crippen LogP contribution in [0.4, 0.5) is 17.5 Å². The first-order valence-electron chi connectivity index (χ1n) is 9.29. The van der Waals surface area contributed by atoms with Gasteiger partial charge in [0.1, 0.15) is 11.6 Å². The minimum atomic E-state index is 0.582. The van der Waals surface area contributed by atoms with Gasteiger partial charge in [-0.2, -0.15) is 4.98 Å². The monoisotopic (exact) mass is 355 g/mol. The fourth-order valence-electron chi connectivity index (χ4n) is 3.13. The number of benzene rings is 1. The largest absolute Gasteiger partial charge is 0.495 e. The fraction of sp³-hybridized carbons (Fsp3) is 0.500. The Morgan fingerprint density at radius 1 is 1.08 bits per heavy atom. The van der Waals surface area contributed by atoms with Gasteiger partial charge in [0.15, 0.2) is 0 Å². The molecular weight excluding hydrogens is 326 g/mol. The highest BCUT2D eigenvalue weighted by Gasteiger charge is 2.21. The predicted molar refractivity (Wildman–Crippen MR) is 108 cm³/mol. The Morgan fingerprint density at radius 3 is 2.46 bits per heavy atom. The van der Waals surface area contributed by atoms with Crippen molar-refractivity contribution < 1.29 is 4.74 Å². The summed E-state index contributed by atoms with van der Waals surface area (Å²) in [4.78, 5) is 14.0. The Labute approximate surface area is 156 Å². The second kappa shape index (κ2) is 8.25. The van der Waals surface area contributed by atoms with E-state index in [1.165, 1.54) is 0 Å². The molecule has 6 heteroatoms. The second-order valence-corrected chi connectivity index (χ2v) is 7.12. The molecule has 1 fully saturated rings. The zero-order valence-electron chi connectivity index (χ0n) is 16.2. The number of ether oxygens (including phenoxy) is 1. The van der Waals surface area contributed by atoms with Crippen LogP contribution in [0.3, 0.4) is 0 Å². The molecule has 1 aromatic heterocycles. The van der Waals surface area contributed by atoms with E-state index < -0.39 is 0 Å². The Balaban J connectivity index is 1.68. The summed E-state index contributed by atoms with van der Waals surface area (Å²) in [5, 5.41) is 3.41. The maximum Gasteiger partial charge on any atom is 0.227 e. The van der Waals surface area contributed by atoms with Crippen LogP contribution in [-0.4, -0.2) is 49.8 Å². The van der Waals surface area contributed by atoms with Crippen LogP contribution < -0.4 is 19.9 Å².